The summed E-state index contributed by atoms with van der Waals surface area (Å²) < 4.78 is 0. The molecular formula is C15H14N2OS. The number of hydrogen-bond acceptors (Lipinski definition) is 4. The molecule has 2 aromatic rings. The van der Waals surface area contributed by atoms with E-state index in [4.69, 9.17) is 5.11 Å². The molecule has 1 N–H and O–H groups in total. The van der Waals surface area contributed by atoms with Crippen LogP contribution in [0.4, 0.5) is 0 Å². The third-order valence-corrected chi connectivity index (χ3v) is 3.28. The van der Waals surface area contributed by atoms with E-state index in [1.54, 1.807) is 24.2 Å². The van der Waals surface area contributed by atoms with Gasteiger partial charge in [-0.2, -0.15) is 0 Å². The van der Waals surface area contributed by atoms with E-state index in [2.05, 4.69) is 33.9 Å². The quantitative estimate of drug-likeness (QED) is 0.527. The zero-order valence-electron chi connectivity index (χ0n) is 10.4. The topological polar surface area (TPSA) is 46.0 Å². The Morgan fingerprint density at radius 2 is 1.84 bits per heavy atom. The van der Waals surface area contributed by atoms with Gasteiger partial charge in [-0.15, -0.1) is 0 Å². The van der Waals surface area contributed by atoms with Crippen molar-refractivity contribution in [2.45, 2.75) is 17.3 Å². The summed E-state index contributed by atoms with van der Waals surface area (Å²) in [6, 6.07) is 9.90. The molecule has 0 radical (unpaired) electrons. The number of aromatic nitrogens is 2. The van der Waals surface area contributed by atoms with Crippen molar-refractivity contribution in [3.63, 3.8) is 0 Å². The van der Waals surface area contributed by atoms with Gasteiger partial charge < -0.3 is 5.11 Å². The molecule has 0 aliphatic heterocycles. The van der Waals surface area contributed by atoms with E-state index < -0.39 is 0 Å². The van der Waals surface area contributed by atoms with Crippen LogP contribution in [0.25, 0.3) is 0 Å². The van der Waals surface area contributed by atoms with Crippen molar-refractivity contribution in [3.05, 3.63) is 53.9 Å². The van der Waals surface area contributed by atoms with Gasteiger partial charge in [-0.1, -0.05) is 35.7 Å². The zero-order chi connectivity index (χ0) is 13.3. The summed E-state index contributed by atoms with van der Waals surface area (Å²) in [6.45, 7) is 0.110. The van der Waals surface area contributed by atoms with Crippen molar-refractivity contribution in [2.75, 3.05) is 6.61 Å². The molecule has 3 nitrogen and oxygen atoms in total. The Morgan fingerprint density at radius 3 is 2.53 bits per heavy atom. The van der Waals surface area contributed by atoms with Gasteiger partial charge >= 0.3 is 0 Å². The molecule has 0 aliphatic rings. The Balaban J connectivity index is 1.91. The highest BCUT2D eigenvalue weighted by Crippen LogP contribution is 2.18. The summed E-state index contributed by atoms with van der Waals surface area (Å²) in [7, 11) is 0. The minimum atomic E-state index is 0.110. The summed E-state index contributed by atoms with van der Waals surface area (Å²) in [6.07, 6.45) is 4.01. The van der Waals surface area contributed by atoms with Crippen molar-refractivity contribution < 1.29 is 5.11 Å². The lowest BCUT2D eigenvalue weighted by molar-refractivity contribution is 0.305. The van der Waals surface area contributed by atoms with E-state index in [0.717, 1.165) is 16.5 Å². The highest BCUT2D eigenvalue weighted by Gasteiger charge is 1.98. The molecule has 0 amide bonds. The molecule has 4 heteroatoms. The first kappa shape index (κ1) is 13.6. The van der Waals surface area contributed by atoms with E-state index in [-0.39, 0.29) is 6.61 Å². The smallest absolute Gasteiger partial charge is 0.187 e. The fourth-order valence-electron chi connectivity index (χ4n) is 1.41. The predicted octanol–water partition coefficient (Wildman–Crippen LogP) is 2.50. The first-order chi connectivity index (χ1) is 9.38. The lowest BCUT2D eigenvalue weighted by atomic mass is 10.1. The summed E-state index contributed by atoms with van der Waals surface area (Å²) in [4.78, 5) is 8.33. The predicted molar refractivity (Wildman–Crippen MR) is 76.6 cm³/mol. The lowest BCUT2D eigenvalue weighted by Crippen LogP contribution is -1.86. The van der Waals surface area contributed by atoms with Crippen LogP contribution in [-0.4, -0.2) is 21.7 Å². The van der Waals surface area contributed by atoms with Gasteiger partial charge in [-0.3, -0.25) is 0 Å². The van der Waals surface area contributed by atoms with Gasteiger partial charge in [0.25, 0.3) is 0 Å². The molecule has 1 aromatic heterocycles. The molecule has 0 aliphatic carbocycles. The summed E-state index contributed by atoms with van der Waals surface area (Å²) in [5.74, 6) is 6.75. The number of rotatable bonds is 4. The molecule has 0 fully saturated rings. The van der Waals surface area contributed by atoms with E-state index in [0.29, 0.717) is 6.42 Å². The molecule has 19 heavy (non-hydrogen) atoms. The van der Waals surface area contributed by atoms with Crippen LogP contribution in [0.2, 0.25) is 0 Å². The normalized spacial score (nSPS) is 9.74. The first-order valence-corrected chi connectivity index (χ1v) is 6.95. The molecule has 0 bridgehead atoms. The van der Waals surface area contributed by atoms with E-state index in [1.807, 2.05) is 18.2 Å². The molecule has 0 atom stereocenters. The van der Waals surface area contributed by atoms with Crippen molar-refractivity contribution in [1.82, 2.24) is 9.97 Å². The van der Waals surface area contributed by atoms with Gasteiger partial charge in [0.1, 0.15) is 0 Å². The number of aliphatic hydroxyl groups is 1. The minimum Gasteiger partial charge on any atom is -0.395 e. The Bertz CT molecular complexity index is 558. The van der Waals surface area contributed by atoms with Crippen LogP contribution in [0.1, 0.15) is 17.5 Å². The summed E-state index contributed by atoms with van der Waals surface area (Å²) in [5.41, 5.74) is 2.18. The molecule has 0 saturated carbocycles. The number of nitrogens with zero attached hydrogens (tertiary/aromatic N) is 2. The van der Waals surface area contributed by atoms with Crippen LogP contribution in [0.15, 0.2) is 47.9 Å². The number of aliphatic hydroxyl groups excluding tert-OH is 1. The maximum atomic E-state index is 8.65. The van der Waals surface area contributed by atoms with Gasteiger partial charge in [0, 0.05) is 30.1 Å². The SMILES string of the molecule is OCCC#Cc1ccc(CSc2ncccn2)cc1. The van der Waals surface area contributed by atoms with Crippen LogP contribution in [0.3, 0.4) is 0 Å². The Kier molecular flexibility index (Phi) is 5.42. The Labute approximate surface area is 117 Å². The third-order valence-electron chi connectivity index (χ3n) is 2.33. The first-order valence-electron chi connectivity index (χ1n) is 5.97. The van der Waals surface area contributed by atoms with Gasteiger partial charge in [0.2, 0.25) is 0 Å². The van der Waals surface area contributed by atoms with Crippen molar-refractivity contribution >= 4 is 11.8 Å². The summed E-state index contributed by atoms with van der Waals surface area (Å²) >= 11 is 1.61. The van der Waals surface area contributed by atoms with Gasteiger partial charge in [0.15, 0.2) is 5.16 Å². The van der Waals surface area contributed by atoms with Gasteiger partial charge in [0.05, 0.1) is 6.61 Å². The second-order valence-electron chi connectivity index (χ2n) is 3.79. The monoisotopic (exact) mass is 270 g/mol. The minimum absolute atomic E-state index is 0.110. The molecule has 1 aromatic carbocycles. The van der Waals surface area contributed by atoms with Crippen LogP contribution in [0.5, 0.6) is 0 Å². The largest absolute Gasteiger partial charge is 0.395 e. The molecule has 0 unspecified atom stereocenters. The third kappa shape index (κ3) is 4.74. The lowest BCUT2D eigenvalue weighted by Gasteiger charge is -2.00. The standard InChI is InChI=1S/C15H14N2OS/c18-11-2-1-4-13-5-7-14(8-6-13)12-19-15-16-9-3-10-17-15/h3,5-10,18H,2,11-12H2. The van der Waals surface area contributed by atoms with E-state index in [9.17, 15) is 0 Å². The fourth-order valence-corrected chi connectivity index (χ4v) is 2.17. The van der Waals surface area contributed by atoms with Gasteiger partial charge in [-0.25, -0.2) is 9.97 Å². The van der Waals surface area contributed by atoms with Crippen LogP contribution < -0.4 is 0 Å². The Morgan fingerprint density at radius 1 is 1.11 bits per heavy atom. The van der Waals surface area contributed by atoms with Crippen LogP contribution >= 0.6 is 11.8 Å². The van der Waals surface area contributed by atoms with Gasteiger partial charge in [-0.05, 0) is 23.8 Å². The average Bonchev–Trinajstić information content (AvgIpc) is 2.48. The molecule has 1 heterocycles. The molecule has 2 rings (SSSR count). The van der Waals surface area contributed by atoms with Crippen molar-refractivity contribution in [2.24, 2.45) is 0 Å². The second kappa shape index (κ2) is 7.57. The van der Waals surface area contributed by atoms with Crippen LogP contribution in [0, 0.1) is 11.8 Å². The highest BCUT2D eigenvalue weighted by molar-refractivity contribution is 7.98. The van der Waals surface area contributed by atoms with E-state index in [1.165, 1.54) is 5.56 Å². The fraction of sp³-hybridized carbons (Fsp3) is 0.200. The number of thioether (sulfide) groups is 1. The maximum absolute atomic E-state index is 8.65. The second-order valence-corrected chi connectivity index (χ2v) is 4.73. The molecular weight excluding hydrogens is 256 g/mol. The zero-order valence-corrected chi connectivity index (χ0v) is 11.2. The number of hydrogen-bond donors (Lipinski definition) is 1. The summed E-state index contributed by atoms with van der Waals surface area (Å²) in [5, 5.41) is 9.44. The molecule has 0 saturated heterocycles. The number of benzene rings is 1. The average molecular weight is 270 g/mol. The molecule has 0 spiro atoms. The van der Waals surface area contributed by atoms with Crippen molar-refractivity contribution in [1.29, 1.82) is 0 Å². The maximum Gasteiger partial charge on any atom is 0.187 e. The Hall–Kier alpha value is -1.83. The van der Waals surface area contributed by atoms with Crippen molar-refractivity contribution in [3.8, 4) is 11.8 Å². The molecule has 96 valence electrons. The van der Waals surface area contributed by atoms with Crippen LogP contribution in [-0.2, 0) is 5.75 Å². The van der Waals surface area contributed by atoms with E-state index >= 15 is 0 Å². The highest BCUT2D eigenvalue weighted by atomic mass is 32.2.